The van der Waals surface area contributed by atoms with Crippen molar-refractivity contribution in [3.8, 4) is 0 Å². The van der Waals surface area contributed by atoms with Gasteiger partial charge in [0, 0.05) is 12.7 Å². The Bertz CT molecular complexity index is 501. The second-order valence-corrected chi connectivity index (χ2v) is 4.69. The molecule has 1 N–H and O–H groups in total. The number of rotatable bonds is 4. The zero-order valence-electron chi connectivity index (χ0n) is 8.56. The summed E-state index contributed by atoms with van der Waals surface area (Å²) in [5.74, 6) is 1.17. The third kappa shape index (κ3) is 2.23. The minimum absolute atomic E-state index is 0.791. The van der Waals surface area contributed by atoms with Crippen LogP contribution in [0.4, 0.5) is 0 Å². The third-order valence-corrected chi connectivity index (χ3v) is 3.33. The molecule has 0 amide bonds. The predicted molar refractivity (Wildman–Crippen MR) is 67.9 cm³/mol. The summed E-state index contributed by atoms with van der Waals surface area (Å²) in [6.45, 7) is 0.976. The normalized spacial score (nSPS) is 11.0. The minimum Gasteiger partial charge on any atom is -0.329 e. The van der Waals surface area contributed by atoms with Gasteiger partial charge in [-0.1, -0.05) is 0 Å². The summed E-state index contributed by atoms with van der Waals surface area (Å²) in [7, 11) is 0. The Labute approximate surface area is 97.9 Å². The lowest BCUT2D eigenvalue weighted by Gasteiger charge is -2.02. The number of fused-ring (bicyclic) bond motifs is 1. The largest absolute Gasteiger partial charge is 0.329 e. The van der Waals surface area contributed by atoms with Gasteiger partial charge in [0.1, 0.15) is 0 Å². The van der Waals surface area contributed by atoms with Gasteiger partial charge in [-0.3, -0.25) is 4.98 Å². The van der Waals surface area contributed by atoms with Crippen LogP contribution in [0.3, 0.4) is 0 Å². The van der Waals surface area contributed by atoms with E-state index in [0.717, 1.165) is 28.8 Å². The molecule has 80 valence electrons. The molecule has 3 nitrogen and oxygen atoms in total. The van der Waals surface area contributed by atoms with Gasteiger partial charge in [-0.15, -0.1) is 0 Å². The summed E-state index contributed by atoms with van der Waals surface area (Å²) in [5, 5.41) is 0. The molecule has 0 aromatic carbocycles. The fourth-order valence-electron chi connectivity index (χ4n) is 1.60. The summed E-state index contributed by atoms with van der Waals surface area (Å²) in [4.78, 5) is 7.23. The van der Waals surface area contributed by atoms with E-state index in [-0.39, 0.29) is 0 Å². The molecule has 0 aliphatic heterocycles. The van der Waals surface area contributed by atoms with Crippen LogP contribution in [-0.2, 0) is 6.54 Å². The van der Waals surface area contributed by atoms with E-state index in [0.29, 0.717) is 0 Å². The standard InChI is InChI=1S/C10H13N3S2/c1-15-6-2-5-13-9-3-4-11-7-8(9)12-10(13)14/h3-4,7H,2,5-6H2,1H3,(H,12,14). The lowest BCUT2D eigenvalue weighted by Crippen LogP contribution is -1.98. The molecule has 2 aromatic rings. The smallest absolute Gasteiger partial charge is 0.178 e. The number of nitrogens with one attached hydrogen (secondary N) is 1. The van der Waals surface area contributed by atoms with Crippen molar-refractivity contribution in [3.05, 3.63) is 23.2 Å². The van der Waals surface area contributed by atoms with Crippen LogP contribution in [0.1, 0.15) is 6.42 Å². The summed E-state index contributed by atoms with van der Waals surface area (Å²) < 4.78 is 2.93. The Morgan fingerprint density at radius 1 is 1.60 bits per heavy atom. The molecule has 0 spiro atoms. The van der Waals surface area contributed by atoms with E-state index in [4.69, 9.17) is 12.2 Å². The van der Waals surface area contributed by atoms with Crippen molar-refractivity contribution in [2.24, 2.45) is 0 Å². The monoisotopic (exact) mass is 239 g/mol. The van der Waals surface area contributed by atoms with E-state index in [9.17, 15) is 0 Å². The second-order valence-electron chi connectivity index (χ2n) is 3.32. The highest BCUT2D eigenvalue weighted by Gasteiger charge is 2.02. The van der Waals surface area contributed by atoms with Crippen LogP contribution in [0, 0.1) is 4.77 Å². The Hall–Kier alpha value is -0.810. The Morgan fingerprint density at radius 3 is 3.27 bits per heavy atom. The van der Waals surface area contributed by atoms with Gasteiger partial charge in [-0.05, 0) is 36.7 Å². The topological polar surface area (TPSA) is 33.6 Å². The molecule has 0 fully saturated rings. The summed E-state index contributed by atoms with van der Waals surface area (Å²) in [5.41, 5.74) is 2.17. The molecular formula is C10H13N3S2. The third-order valence-electron chi connectivity index (χ3n) is 2.31. The van der Waals surface area contributed by atoms with Crippen LogP contribution in [0.5, 0.6) is 0 Å². The number of hydrogen-bond acceptors (Lipinski definition) is 3. The zero-order chi connectivity index (χ0) is 10.7. The molecule has 0 aliphatic rings. The average molecular weight is 239 g/mol. The van der Waals surface area contributed by atoms with Gasteiger partial charge < -0.3 is 9.55 Å². The first-order chi connectivity index (χ1) is 7.33. The number of aryl methyl sites for hydroxylation is 1. The fourth-order valence-corrected chi connectivity index (χ4v) is 2.32. The van der Waals surface area contributed by atoms with Gasteiger partial charge in [0.05, 0.1) is 17.2 Å². The molecule has 2 aromatic heterocycles. The van der Waals surface area contributed by atoms with E-state index < -0.39 is 0 Å². The number of thioether (sulfide) groups is 1. The maximum atomic E-state index is 5.28. The van der Waals surface area contributed by atoms with Gasteiger partial charge in [-0.2, -0.15) is 11.8 Å². The SMILES string of the molecule is CSCCCn1c(=S)[nH]c2cnccc21. The van der Waals surface area contributed by atoms with Gasteiger partial charge >= 0.3 is 0 Å². The van der Waals surface area contributed by atoms with Gasteiger partial charge in [0.25, 0.3) is 0 Å². The lowest BCUT2D eigenvalue weighted by atomic mass is 10.4. The van der Waals surface area contributed by atoms with Crippen LogP contribution < -0.4 is 0 Å². The van der Waals surface area contributed by atoms with Crippen LogP contribution in [0.2, 0.25) is 0 Å². The summed E-state index contributed by atoms with van der Waals surface area (Å²) >= 11 is 7.14. The van der Waals surface area contributed by atoms with Crippen molar-refractivity contribution in [2.75, 3.05) is 12.0 Å². The van der Waals surface area contributed by atoms with Gasteiger partial charge in [0.2, 0.25) is 0 Å². The van der Waals surface area contributed by atoms with Gasteiger partial charge in [-0.25, -0.2) is 0 Å². The molecule has 0 radical (unpaired) electrons. The van der Waals surface area contributed by atoms with Crippen molar-refractivity contribution < 1.29 is 0 Å². The Kier molecular flexibility index (Phi) is 3.43. The molecule has 0 aliphatic carbocycles. The number of aromatic amines is 1. The van der Waals surface area contributed by atoms with E-state index in [2.05, 4.69) is 20.8 Å². The lowest BCUT2D eigenvalue weighted by molar-refractivity contribution is 0.694. The number of imidazole rings is 1. The van der Waals surface area contributed by atoms with Crippen molar-refractivity contribution in [2.45, 2.75) is 13.0 Å². The van der Waals surface area contributed by atoms with Crippen LogP contribution >= 0.6 is 24.0 Å². The number of nitrogens with zero attached hydrogens (tertiary/aromatic N) is 2. The maximum Gasteiger partial charge on any atom is 0.178 e. The number of H-pyrrole nitrogens is 1. The highest BCUT2D eigenvalue weighted by molar-refractivity contribution is 7.98. The summed E-state index contributed by atoms with van der Waals surface area (Å²) in [6.07, 6.45) is 6.88. The second kappa shape index (κ2) is 4.81. The summed E-state index contributed by atoms with van der Waals surface area (Å²) in [6, 6.07) is 2.00. The van der Waals surface area contributed by atoms with Crippen molar-refractivity contribution in [1.29, 1.82) is 0 Å². The van der Waals surface area contributed by atoms with Crippen LogP contribution in [0.25, 0.3) is 11.0 Å². The van der Waals surface area contributed by atoms with Crippen LogP contribution in [-0.4, -0.2) is 26.5 Å². The van der Waals surface area contributed by atoms with Crippen molar-refractivity contribution in [3.63, 3.8) is 0 Å². The van der Waals surface area contributed by atoms with Gasteiger partial charge in [0.15, 0.2) is 4.77 Å². The molecule has 0 atom stereocenters. The first kappa shape index (κ1) is 10.7. The zero-order valence-corrected chi connectivity index (χ0v) is 10.2. The molecule has 0 saturated heterocycles. The molecule has 15 heavy (non-hydrogen) atoms. The Morgan fingerprint density at radius 2 is 2.47 bits per heavy atom. The number of pyridine rings is 1. The molecule has 0 bridgehead atoms. The molecule has 0 saturated carbocycles. The van der Waals surface area contributed by atoms with E-state index in [1.54, 1.807) is 6.20 Å². The highest BCUT2D eigenvalue weighted by Crippen LogP contribution is 2.13. The molecule has 2 rings (SSSR count). The molecular weight excluding hydrogens is 226 g/mol. The molecule has 0 unspecified atom stereocenters. The van der Waals surface area contributed by atoms with Crippen molar-refractivity contribution >= 4 is 35.0 Å². The van der Waals surface area contributed by atoms with E-state index in [1.807, 2.05) is 24.0 Å². The highest BCUT2D eigenvalue weighted by atomic mass is 32.2. The minimum atomic E-state index is 0.791. The quantitative estimate of drug-likeness (QED) is 0.658. The maximum absolute atomic E-state index is 5.28. The first-order valence-corrected chi connectivity index (χ1v) is 6.64. The fraction of sp³-hybridized carbons (Fsp3) is 0.400. The van der Waals surface area contributed by atoms with E-state index in [1.165, 1.54) is 5.75 Å². The number of aromatic nitrogens is 3. The van der Waals surface area contributed by atoms with Crippen molar-refractivity contribution in [1.82, 2.24) is 14.5 Å². The molecule has 5 heteroatoms. The predicted octanol–water partition coefficient (Wildman–Crippen LogP) is 2.85. The average Bonchev–Trinajstić information content (AvgIpc) is 2.56. The van der Waals surface area contributed by atoms with Crippen LogP contribution in [0.15, 0.2) is 18.5 Å². The van der Waals surface area contributed by atoms with E-state index >= 15 is 0 Å². The first-order valence-electron chi connectivity index (χ1n) is 4.84. The Balaban J connectivity index is 2.33. The number of hydrogen-bond donors (Lipinski definition) is 1. The molecule has 2 heterocycles.